The van der Waals surface area contributed by atoms with E-state index >= 15 is 0 Å². The summed E-state index contributed by atoms with van der Waals surface area (Å²) in [6.07, 6.45) is 1.64. The Morgan fingerprint density at radius 2 is 2.00 bits per heavy atom. The number of carbonyl (C=O) groups is 1. The Balaban J connectivity index is 3.81. The molecule has 0 rings (SSSR count). The van der Waals surface area contributed by atoms with E-state index in [1.807, 2.05) is 14.0 Å². The number of carbonyl (C=O) groups excluding carboxylic acids is 1. The summed E-state index contributed by atoms with van der Waals surface area (Å²) < 4.78 is 0. The lowest BCUT2D eigenvalue weighted by molar-refractivity contribution is -0.131. The Labute approximate surface area is 63.2 Å². The summed E-state index contributed by atoms with van der Waals surface area (Å²) in [6, 6.07) is 0.382. The SMILES string of the molecule is CCC(=O)N(C)[C@@H](C)CC. The molecule has 0 fully saturated rings. The van der Waals surface area contributed by atoms with Gasteiger partial charge in [-0.3, -0.25) is 4.79 Å². The highest BCUT2D eigenvalue weighted by Crippen LogP contribution is 2.01. The molecule has 0 aromatic heterocycles. The fraction of sp³-hybridized carbons (Fsp3) is 0.875. The first-order valence-corrected chi connectivity index (χ1v) is 3.89. The minimum Gasteiger partial charge on any atom is -0.343 e. The normalized spacial score (nSPS) is 12.8. The number of nitrogens with zero attached hydrogens (tertiary/aromatic N) is 1. The summed E-state index contributed by atoms with van der Waals surface area (Å²) in [5, 5.41) is 0. The minimum absolute atomic E-state index is 0.231. The molecule has 2 heteroatoms. The van der Waals surface area contributed by atoms with E-state index in [0.29, 0.717) is 12.5 Å². The van der Waals surface area contributed by atoms with Crippen LogP contribution in [0.25, 0.3) is 0 Å². The van der Waals surface area contributed by atoms with Crippen LogP contribution in [0, 0.1) is 0 Å². The third-order valence-electron chi connectivity index (χ3n) is 1.95. The van der Waals surface area contributed by atoms with Crippen molar-refractivity contribution in [3.63, 3.8) is 0 Å². The second-order valence-electron chi connectivity index (χ2n) is 2.62. The van der Waals surface area contributed by atoms with E-state index in [-0.39, 0.29) is 5.91 Å². The van der Waals surface area contributed by atoms with Crippen LogP contribution >= 0.6 is 0 Å². The molecule has 0 radical (unpaired) electrons. The molecule has 0 saturated carbocycles. The van der Waals surface area contributed by atoms with E-state index in [9.17, 15) is 4.79 Å². The molecule has 0 saturated heterocycles. The maximum absolute atomic E-state index is 11.0. The van der Waals surface area contributed by atoms with Crippen LogP contribution in [0.2, 0.25) is 0 Å². The van der Waals surface area contributed by atoms with Gasteiger partial charge in [-0.2, -0.15) is 0 Å². The van der Waals surface area contributed by atoms with Gasteiger partial charge < -0.3 is 4.90 Å². The van der Waals surface area contributed by atoms with E-state index in [1.165, 1.54) is 0 Å². The quantitative estimate of drug-likeness (QED) is 0.588. The first-order chi connectivity index (χ1) is 4.63. The molecule has 0 bridgehead atoms. The molecule has 0 N–H and O–H groups in total. The van der Waals surface area contributed by atoms with Crippen molar-refractivity contribution in [2.24, 2.45) is 0 Å². The van der Waals surface area contributed by atoms with Crippen molar-refractivity contribution in [2.75, 3.05) is 7.05 Å². The van der Waals surface area contributed by atoms with Crippen molar-refractivity contribution in [3.05, 3.63) is 0 Å². The van der Waals surface area contributed by atoms with Crippen molar-refractivity contribution in [1.29, 1.82) is 0 Å². The molecule has 0 aromatic rings. The van der Waals surface area contributed by atoms with Gasteiger partial charge in [-0.25, -0.2) is 0 Å². The van der Waals surface area contributed by atoms with Crippen molar-refractivity contribution in [1.82, 2.24) is 4.90 Å². The van der Waals surface area contributed by atoms with Gasteiger partial charge in [-0.15, -0.1) is 0 Å². The predicted octanol–water partition coefficient (Wildman–Crippen LogP) is 1.65. The molecule has 2 nitrogen and oxygen atoms in total. The van der Waals surface area contributed by atoms with E-state index in [4.69, 9.17) is 0 Å². The second-order valence-corrected chi connectivity index (χ2v) is 2.62. The predicted molar refractivity (Wildman–Crippen MR) is 42.8 cm³/mol. The summed E-state index contributed by atoms with van der Waals surface area (Å²) >= 11 is 0. The first kappa shape index (κ1) is 9.47. The van der Waals surface area contributed by atoms with Crippen LogP contribution in [0.5, 0.6) is 0 Å². The van der Waals surface area contributed by atoms with Gasteiger partial charge in [-0.1, -0.05) is 13.8 Å². The van der Waals surface area contributed by atoms with E-state index in [0.717, 1.165) is 6.42 Å². The third kappa shape index (κ3) is 2.38. The molecular weight excluding hydrogens is 126 g/mol. The Hall–Kier alpha value is -0.530. The van der Waals surface area contributed by atoms with Crippen LogP contribution in [0.15, 0.2) is 0 Å². The molecule has 1 amide bonds. The van der Waals surface area contributed by atoms with E-state index in [1.54, 1.807) is 4.90 Å². The van der Waals surface area contributed by atoms with Crippen LogP contribution in [0.4, 0.5) is 0 Å². The monoisotopic (exact) mass is 143 g/mol. The molecule has 0 aliphatic rings. The van der Waals surface area contributed by atoms with Gasteiger partial charge in [0.15, 0.2) is 0 Å². The lowest BCUT2D eigenvalue weighted by Crippen LogP contribution is -2.33. The number of amides is 1. The van der Waals surface area contributed by atoms with Gasteiger partial charge in [0.2, 0.25) is 5.91 Å². The van der Waals surface area contributed by atoms with Crippen LogP contribution < -0.4 is 0 Å². The first-order valence-electron chi connectivity index (χ1n) is 3.89. The highest BCUT2D eigenvalue weighted by molar-refractivity contribution is 5.75. The summed E-state index contributed by atoms with van der Waals surface area (Å²) in [5.74, 6) is 0.231. The molecule has 0 aromatic carbocycles. The van der Waals surface area contributed by atoms with Gasteiger partial charge in [0.05, 0.1) is 0 Å². The van der Waals surface area contributed by atoms with Gasteiger partial charge >= 0.3 is 0 Å². The second kappa shape index (κ2) is 4.31. The van der Waals surface area contributed by atoms with Crippen molar-refractivity contribution in [2.45, 2.75) is 39.7 Å². The zero-order valence-corrected chi connectivity index (χ0v) is 7.35. The third-order valence-corrected chi connectivity index (χ3v) is 1.95. The molecule has 0 unspecified atom stereocenters. The molecule has 60 valence electrons. The highest BCUT2D eigenvalue weighted by Gasteiger charge is 2.10. The molecule has 1 atom stereocenters. The van der Waals surface area contributed by atoms with Gasteiger partial charge in [0.25, 0.3) is 0 Å². The maximum Gasteiger partial charge on any atom is 0.222 e. The summed E-state index contributed by atoms with van der Waals surface area (Å²) in [7, 11) is 1.86. The Morgan fingerprint density at radius 3 is 2.30 bits per heavy atom. The lowest BCUT2D eigenvalue weighted by Gasteiger charge is -2.22. The van der Waals surface area contributed by atoms with Gasteiger partial charge in [0, 0.05) is 19.5 Å². The average molecular weight is 143 g/mol. The largest absolute Gasteiger partial charge is 0.343 e. The number of rotatable bonds is 3. The molecular formula is C8H17NO. The Kier molecular flexibility index (Phi) is 4.08. The molecule has 0 heterocycles. The Morgan fingerprint density at radius 1 is 1.50 bits per heavy atom. The average Bonchev–Trinajstić information content (AvgIpc) is 2.00. The topological polar surface area (TPSA) is 20.3 Å². The minimum atomic E-state index is 0.231. The van der Waals surface area contributed by atoms with Crippen LogP contribution in [-0.2, 0) is 4.79 Å². The molecule has 10 heavy (non-hydrogen) atoms. The standard InChI is InChI=1S/C8H17NO/c1-5-7(3)9(4)8(10)6-2/h7H,5-6H2,1-4H3/t7-/m0/s1. The van der Waals surface area contributed by atoms with Crippen molar-refractivity contribution in [3.8, 4) is 0 Å². The lowest BCUT2D eigenvalue weighted by atomic mass is 10.2. The van der Waals surface area contributed by atoms with Crippen molar-refractivity contribution < 1.29 is 4.79 Å². The van der Waals surface area contributed by atoms with Gasteiger partial charge in [0.1, 0.15) is 0 Å². The zero-order valence-electron chi connectivity index (χ0n) is 7.35. The summed E-state index contributed by atoms with van der Waals surface area (Å²) in [5.41, 5.74) is 0. The van der Waals surface area contributed by atoms with E-state index in [2.05, 4.69) is 13.8 Å². The van der Waals surface area contributed by atoms with Crippen LogP contribution in [0.3, 0.4) is 0 Å². The number of hydrogen-bond donors (Lipinski definition) is 0. The fourth-order valence-corrected chi connectivity index (χ4v) is 0.769. The summed E-state index contributed by atoms with van der Waals surface area (Å²) in [6.45, 7) is 6.04. The van der Waals surface area contributed by atoms with E-state index < -0.39 is 0 Å². The smallest absolute Gasteiger partial charge is 0.222 e. The fourth-order valence-electron chi connectivity index (χ4n) is 0.769. The molecule has 0 aliphatic heterocycles. The molecule has 0 aliphatic carbocycles. The van der Waals surface area contributed by atoms with Crippen LogP contribution in [0.1, 0.15) is 33.6 Å². The number of hydrogen-bond acceptors (Lipinski definition) is 1. The van der Waals surface area contributed by atoms with Gasteiger partial charge in [-0.05, 0) is 13.3 Å². The molecule has 0 spiro atoms. The maximum atomic E-state index is 11.0. The highest BCUT2D eigenvalue weighted by atomic mass is 16.2. The van der Waals surface area contributed by atoms with Crippen LogP contribution in [-0.4, -0.2) is 23.9 Å². The summed E-state index contributed by atoms with van der Waals surface area (Å²) in [4.78, 5) is 12.8. The zero-order chi connectivity index (χ0) is 8.15. The van der Waals surface area contributed by atoms with Crippen molar-refractivity contribution >= 4 is 5.91 Å². The Bertz CT molecular complexity index is 112.